The van der Waals surface area contributed by atoms with E-state index < -0.39 is 12.4 Å². The monoisotopic (exact) mass is 1340 g/mol. The average molecular weight is 1340 g/mol. The van der Waals surface area contributed by atoms with E-state index in [2.05, 4.69) is 301 Å². The van der Waals surface area contributed by atoms with Crippen molar-refractivity contribution in [2.24, 2.45) is 0 Å². The molecule has 20 rings (SSSR count). The third-order valence-electron chi connectivity index (χ3n) is 19.8. The Morgan fingerprint density at radius 1 is 0.296 bits per heavy atom. The molecule has 0 spiro atoms. The summed E-state index contributed by atoms with van der Waals surface area (Å²) in [7, 11) is 0. The standard InChI is InChI=1S/C87H53N5OP2S3/c96-94(81-42-21-37-70-69-34-14-18-43-82(69)98-84(70)81)80-49-45-56(51-74(80)67-32-11-15-38-75(67)92(94)60-46-47-66-64-30-8-7-28-62(64)63-29-9-10-31-65(63)72(66)53-60)55-24-19-25-58(50-55)86-88-85(54-22-3-1-4-23-54)89-87(90-86)95(97)79-41-17-13-33-68(79)73-52-57(44-48-76(73)91(95)59-26-5-2-6-27-59)61-36-20-40-78-83(61)71-35-12-16-39-77(71)93-78/h1-53H. The van der Waals surface area contributed by atoms with Crippen LogP contribution in [-0.4, -0.2) is 15.0 Å². The fourth-order valence-corrected chi connectivity index (χ4v) is 26.0. The number of furan rings is 1. The van der Waals surface area contributed by atoms with E-state index >= 15 is 0 Å². The van der Waals surface area contributed by atoms with Crippen LogP contribution in [0.2, 0.25) is 0 Å². The second-order valence-electron chi connectivity index (χ2n) is 25.2. The molecule has 0 saturated heterocycles. The molecule has 0 radical (unpaired) electrons. The summed E-state index contributed by atoms with van der Waals surface area (Å²) in [6.07, 6.45) is -6.23. The fraction of sp³-hybridized carbons (Fsp3) is 0. The summed E-state index contributed by atoms with van der Waals surface area (Å²) in [6.45, 7) is 0. The van der Waals surface area contributed by atoms with Crippen molar-refractivity contribution in [3.8, 4) is 67.3 Å². The van der Waals surface area contributed by atoms with Gasteiger partial charge in [-0.05, 0) is 138 Å². The SMILES string of the molecule is S=P1(c2nc(-c3ccccc3)nc(-c3cccc(-c4ccc5c(c4)-c4ccccc4N(c4ccc6c7ccccc7c7ccccc7c6c4)P5(=S)c4cccc5c4sc4ccccc45)c3)n2)c2ccccc2-c2cc(-c3cccc4oc5ccccc5c34)ccc2N1c1ccccc1. The lowest BCUT2D eigenvalue weighted by molar-refractivity contribution is 0.669. The Hall–Kier alpha value is -11.0. The number of rotatable bonds is 8. The molecule has 11 heteroatoms. The molecule has 460 valence electrons. The van der Waals surface area contributed by atoms with Gasteiger partial charge in [-0.1, -0.05) is 272 Å². The van der Waals surface area contributed by atoms with Crippen molar-refractivity contribution in [3.05, 3.63) is 322 Å². The lowest BCUT2D eigenvalue weighted by Gasteiger charge is -2.43. The van der Waals surface area contributed by atoms with Gasteiger partial charge in [-0.2, -0.15) is 0 Å². The van der Waals surface area contributed by atoms with Gasteiger partial charge in [-0.25, -0.2) is 15.0 Å². The van der Waals surface area contributed by atoms with Crippen molar-refractivity contribution in [1.29, 1.82) is 0 Å². The quantitative estimate of drug-likeness (QED) is 0.110. The molecule has 15 aromatic carbocycles. The molecule has 0 bridgehead atoms. The maximum absolute atomic E-state index is 7.70. The summed E-state index contributed by atoms with van der Waals surface area (Å²) < 4.78 is 13.8. The zero-order chi connectivity index (χ0) is 64.8. The van der Waals surface area contributed by atoms with Crippen molar-refractivity contribution in [1.82, 2.24) is 15.0 Å². The van der Waals surface area contributed by atoms with Crippen molar-refractivity contribution in [2.75, 3.05) is 9.34 Å². The highest BCUT2D eigenvalue weighted by Gasteiger charge is 2.44. The maximum Gasteiger partial charge on any atom is 0.189 e. The summed E-state index contributed by atoms with van der Waals surface area (Å²) >= 11 is 17.0. The predicted molar refractivity (Wildman–Crippen MR) is 422 cm³/mol. The molecule has 18 aromatic rings. The highest BCUT2D eigenvalue weighted by Crippen LogP contribution is 2.65. The van der Waals surface area contributed by atoms with E-state index in [4.69, 9.17) is 43.0 Å². The van der Waals surface area contributed by atoms with E-state index in [0.29, 0.717) is 17.2 Å². The summed E-state index contributed by atoms with van der Waals surface area (Å²) in [5.41, 5.74) is 16.7. The van der Waals surface area contributed by atoms with Crippen LogP contribution in [0.4, 0.5) is 22.7 Å². The highest BCUT2D eigenvalue weighted by atomic mass is 32.4. The van der Waals surface area contributed by atoms with E-state index in [1.165, 1.54) is 57.8 Å². The zero-order valence-electron chi connectivity index (χ0n) is 52.4. The smallest absolute Gasteiger partial charge is 0.189 e. The largest absolute Gasteiger partial charge is 0.456 e. The Morgan fingerprint density at radius 2 is 0.827 bits per heavy atom. The van der Waals surface area contributed by atoms with Gasteiger partial charge in [0, 0.05) is 80.5 Å². The molecule has 0 amide bonds. The molecule has 2 aliphatic heterocycles. The number of anilines is 4. The fourth-order valence-electron chi connectivity index (χ4n) is 15.5. The molecule has 0 aliphatic carbocycles. The topological polar surface area (TPSA) is 58.3 Å². The summed E-state index contributed by atoms with van der Waals surface area (Å²) in [4.78, 5) is 16.6. The van der Waals surface area contributed by atoms with Gasteiger partial charge in [0.1, 0.15) is 17.4 Å². The Morgan fingerprint density at radius 3 is 1.63 bits per heavy atom. The lowest BCUT2D eigenvalue weighted by Crippen LogP contribution is -2.36. The van der Waals surface area contributed by atoms with Crippen LogP contribution in [0.25, 0.3) is 142 Å². The van der Waals surface area contributed by atoms with Crippen LogP contribution < -0.4 is 30.8 Å². The molecule has 2 unspecified atom stereocenters. The molecule has 0 N–H and O–H groups in total. The van der Waals surface area contributed by atoms with E-state index in [0.717, 1.165) is 111 Å². The number of hydrogen-bond acceptors (Lipinski definition) is 7. The minimum atomic E-state index is -3.22. The third kappa shape index (κ3) is 8.61. The van der Waals surface area contributed by atoms with Crippen molar-refractivity contribution >= 4 is 166 Å². The van der Waals surface area contributed by atoms with Gasteiger partial charge in [0.05, 0.1) is 17.6 Å². The molecular weight excluding hydrogens is 1290 g/mol. The summed E-state index contributed by atoms with van der Waals surface area (Å²) in [5, 5.41) is 15.3. The maximum atomic E-state index is 7.70. The Labute approximate surface area is 579 Å². The van der Waals surface area contributed by atoms with E-state index in [1.54, 1.807) is 0 Å². The lowest BCUT2D eigenvalue weighted by atomic mass is 9.94. The van der Waals surface area contributed by atoms with Crippen LogP contribution in [0, 0.1) is 0 Å². The van der Waals surface area contributed by atoms with Gasteiger partial charge in [0.2, 0.25) is 0 Å². The summed E-state index contributed by atoms with van der Waals surface area (Å²) in [5.74, 6) is 1.09. The van der Waals surface area contributed by atoms with Gasteiger partial charge >= 0.3 is 0 Å². The molecule has 0 fully saturated rings. The number of fused-ring (bicyclic) bond motifs is 18. The molecule has 5 heterocycles. The number of nitrogens with zero attached hydrogens (tertiary/aromatic N) is 5. The van der Waals surface area contributed by atoms with E-state index in [1.807, 2.05) is 41.7 Å². The minimum Gasteiger partial charge on any atom is -0.456 e. The van der Waals surface area contributed by atoms with E-state index in [-0.39, 0.29) is 0 Å². The molecule has 2 atom stereocenters. The third-order valence-corrected chi connectivity index (χ3v) is 30.3. The molecule has 6 nitrogen and oxygen atoms in total. The second kappa shape index (κ2) is 22.3. The summed E-state index contributed by atoms with van der Waals surface area (Å²) in [6, 6.07) is 116. The molecule has 2 aliphatic rings. The molecule has 0 saturated carbocycles. The Balaban J connectivity index is 0.757. The molecule has 3 aromatic heterocycles. The first kappa shape index (κ1) is 57.3. The van der Waals surface area contributed by atoms with Crippen LogP contribution >= 0.6 is 23.7 Å². The highest BCUT2D eigenvalue weighted by molar-refractivity contribution is 8.23. The first-order chi connectivity index (χ1) is 48.3. The van der Waals surface area contributed by atoms with Gasteiger partial charge < -0.3 is 13.8 Å². The number of thiophene rings is 1. The number of benzene rings is 15. The van der Waals surface area contributed by atoms with Crippen LogP contribution in [0.15, 0.2) is 326 Å². The first-order valence-electron chi connectivity index (χ1n) is 32.8. The number of para-hydroxylation sites is 3. The molecule has 98 heavy (non-hydrogen) atoms. The normalized spacial score (nSPS) is 15.7. The Kier molecular flexibility index (Phi) is 13.0. The zero-order valence-corrected chi connectivity index (χ0v) is 56.6. The van der Waals surface area contributed by atoms with Gasteiger partial charge in [-0.15, -0.1) is 11.3 Å². The van der Waals surface area contributed by atoms with Crippen LogP contribution in [-0.2, 0) is 23.6 Å². The second-order valence-corrected chi connectivity index (χ2v) is 34.4. The minimum absolute atomic E-state index is 0.536. The predicted octanol–water partition coefficient (Wildman–Crippen LogP) is 22.6. The molecular formula is C87H53N5OP2S3. The Bertz CT molecular complexity index is 6470. The number of hydrogen-bond donors (Lipinski definition) is 0. The van der Waals surface area contributed by atoms with Crippen LogP contribution in [0.5, 0.6) is 0 Å². The number of aromatic nitrogens is 3. The van der Waals surface area contributed by atoms with Gasteiger partial charge in [-0.3, -0.25) is 0 Å². The van der Waals surface area contributed by atoms with Crippen molar-refractivity contribution in [2.45, 2.75) is 0 Å². The van der Waals surface area contributed by atoms with Crippen LogP contribution in [0.1, 0.15) is 0 Å². The average Bonchev–Trinajstić information content (AvgIpc) is 0.925. The van der Waals surface area contributed by atoms with E-state index in [9.17, 15) is 0 Å². The van der Waals surface area contributed by atoms with Gasteiger partial charge in [0.25, 0.3) is 0 Å². The van der Waals surface area contributed by atoms with Gasteiger partial charge in [0.15, 0.2) is 17.2 Å². The first-order valence-corrected chi connectivity index (χ1v) is 39.1. The van der Waals surface area contributed by atoms with Crippen molar-refractivity contribution < 1.29 is 4.42 Å². The van der Waals surface area contributed by atoms with Crippen LogP contribution in [0.3, 0.4) is 0 Å². The van der Waals surface area contributed by atoms with Crippen molar-refractivity contribution in [3.63, 3.8) is 0 Å².